The van der Waals surface area contributed by atoms with Crippen LogP contribution in [0, 0.1) is 0 Å². The van der Waals surface area contributed by atoms with Gasteiger partial charge in [0.2, 0.25) is 0 Å². The SMILES string of the molecule is CC(B(C1CCCCC1)C1CCCCC1)[Si](C)(C)Cl. The van der Waals surface area contributed by atoms with Gasteiger partial charge in [-0.15, -0.1) is 0 Å². The second kappa shape index (κ2) is 7.02. The molecule has 0 nitrogen and oxygen atoms in total. The second-order valence-corrected chi connectivity index (χ2v) is 14.7. The first-order chi connectivity index (χ1) is 9.00. The Bertz CT molecular complexity index is 246. The van der Waals surface area contributed by atoms with Crippen molar-refractivity contribution in [2.45, 2.75) is 101 Å². The van der Waals surface area contributed by atoms with Crippen LogP contribution in [0.1, 0.15) is 71.1 Å². The molecule has 0 radical (unpaired) electrons. The van der Waals surface area contributed by atoms with Crippen molar-refractivity contribution in [1.82, 2.24) is 0 Å². The first-order valence-corrected chi connectivity index (χ1v) is 12.8. The van der Waals surface area contributed by atoms with E-state index < -0.39 is 7.38 Å². The van der Waals surface area contributed by atoms with Crippen molar-refractivity contribution < 1.29 is 0 Å². The third-order valence-electron chi connectivity index (χ3n) is 6.05. The van der Waals surface area contributed by atoms with Crippen molar-refractivity contribution in [3.05, 3.63) is 0 Å². The van der Waals surface area contributed by atoms with Crippen LogP contribution in [0.25, 0.3) is 0 Å². The van der Waals surface area contributed by atoms with Crippen LogP contribution in [-0.4, -0.2) is 14.1 Å². The van der Waals surface area contributed by atoms with Gasteiger partial charge in [-0.05, 0) is 0 Å². The van der Waals surface area contributed by atoms with Crippen molar-refractivity contribution >= 4 is 25.2 Å². The van der Waals surface area contributed by atoms with Crippen molar-refractivity contribution in [3.63, 3.8) is 0 Å². The van der Waals surface area contributed by atoms with Crippen molar-refractivity contribution in [3.8, 4) is 0 Å². The predicted octanol–water partition coefficient (Wildman–Crippen LogP) is 6.52. The molecule has 0 N–H and O–H groups in total. The lowest BCUT2D eigenvalue weighted by Crippen LogP contribution is -2.42. The van der Waals surface area contributed by atoms with Gasteiger partial charge in [0.1, 0.15) is 14.1 Å². The highest BCUT2D eigenvalue weighted by molar-refractivity contribution is 7.23. The van der Waals surface area contributed by atoms with Gasteiger partial charge in [-0.25, -0.2) is 0 Å². The predicted molar refractivity (Wildman–Crippen MR) is 92.2 cm³/mol. The Kier molecular flexibility index (Phi) is 5.90. The third kappa shape index (κ3) is 4.27. The van der Waals surface area contributed by atoms with Crippen LogP contribution in [-0.2, 0) is 0 Å². The Morgan fingerprint density at radius 3 is 1.53 bits per heavy atom. The Balaban J connectivity index is 2.11. The van der Waals surface area contributed by atoms with E-state index in [1.807, 2.05) is 0 Å². The third-order valence-corrected chi connectivity index (χ3v) is 9.63. The zero-order valence-electron chi connectivity index (χ0n) is 13.3. The molecule has 0 aliphatic heterocycles. The second-order valence-electron chi connectivity index (χ2n) is 7.73. The summed E-state index contributed by atoms with van der Waals surface area (Å²) < 4.78 is 0. The van der Waals surface area contributed by atoms with Crippen molar-refractivity contribution in [1.29, 1.82) is 0 Å². The summed E-state index contributed by atoms with van der Waals surface area (Å²) in [4.78, 5) is 0. The maximum absolute atomic E-state index is 6.86. The molecule has 2 saturated carbocycles. The minimum atomic E-state index is -1.52. The van der Waals surface area contributed by atoms with Crippen LogP contribution >= 0.6 is 11.1 Å². The number of hydrogen-bond donors (Lipinski definition) is 0. The Hall–Kier alpha value is 0.572. The fourth-order valence-electron chi connectivity index (χ4n) is 4.70. The molecule has 2 fully saturated rings. The molecule has 0 amide bonds. The largest absolute Gasteiger partial charge is 0.168 e. The van der Waals surface area contributed by atoms with Gasteiger partial charge in [0, 0.05) is 0 Å². The molecule has 2 aliphatic carbocycles. The van der Waals surface area contributed by atoms with E-state index in [2.05, 4.69) is 20.0 Å². The molecule has 0 aromatic carbocycles. The summed E-state index contributed by atoms with van der Waals surface area (Å²) in [5, 5.41) is 0. The van der Waals surface area contributed by atoms with Crippen molar-refractivity contribution in [2.75, 3.05) is 0 Å². The Morgan fingerprint density at radius 2 is 1.21 bits per heavy atom. The maximum Gasteiger partial charge on any atom is 0.147 e. The molecule has 0 aromatic rings. The van der Waals surface area contributed by atoms with Crippen LogP contribution < -0.4 is 0 Å². The van der Waals surface area contributed by atoms with Gasteiger partial charge in [-0.3, -0.25) is 0 Å². The van der Waals surface area contributed by atoms with Crippen LogP contribution in [0.2, 0.25) is 30.2 Å². The monoisotopic (exact) mass is 298 g/mol. The van der Waals surface area contributed by atoms with Gasteiger partial charge < -0.3 is 0 Å². The highest BCUT2D eigenvalue weighted by Gasteiger charge is 2.43. The van der Waals surface area contributed by atoms with E-state index in [-0.39, 0.29) is 0 Å². The number of halogens is 1. The fourth-order valence-corrected chi connectivity index (χ4v) is 6.59. The van der Waals surface area contributed by atoms with E-state index in [4.69, 9.17) is 11.1 Å². The molecule has 0 bridgehead atoms. The van der Waals surface area contributed by atoms with Gasteiger partial charge >= 0.3 is 0 Å². The lowest BCUT2D eigenvalue weighted by atomic mass is 9.29. The van der Waals surface area contributed by atoms with E-state index in [1.165, 1.54) is 64.2 Å². The van der Waals surface area contributed by atoms with E-state index in [1.54, 1.807) is 0 Å². The molecule has 2 aliphatic rings. The topological polar surface area (TPSA) is 0 Å². The molecular formula is C16H32BClSi. The van der Waals surface area contributed by atoms with Crippen LogP contribution in [0.5, 0.6) is 0 Å². The minimum absolute atomic E-state index is 0.792. The fraction of sp³-hybridized carbons (Fsp3) is 1.00. The molecule has 1 unspecified atom stereocenters. The van der Waals surface area contributed by atoms with E-state index in [0.717, 1.165) is 23.8 Å². The Labute approximate surface area is 126 Å². The minimum Gasteiger partial charge on any atom is -0.168 e. The molecule has 19 heavy (non-hydrogen) atoms. The average molecular weight is 299 g/mol. The lowest BCUT2D eigenvalue weighted by Gasteiger charge is -2.42. The number of rotatable bonds is 4. The first kappa shape index (κ1) is 16.0. The summed E-state index contributed by atoms with van der Waals surface area (Å²) in [6, 6.07) is 0. The summed E-state index contributed by atoms with van der Waals surface area (Å²) in [6.07, 6.45) is 14.8. The summed E-state index contributed by atoms with van der Waals surface area (Å²) in [7, 11) is -1.52. The van der Waals surface area contributed by atoms with Crippen LogP contribution in [0.15, 0.2) is 0 Å². The summed E-state index contributed by atoms with van der Waals surface area (Å²) in [6.45, 7) is 8.18. The van der Waals surface area contributed by atoms with E-state index in [0.29, 0.717) is 0 Å². The quantitative estimate of drug-likeness (QED) is 0.409. The number of hydrogen-bond acceptors (Lipinski definition) is 0. The molecule has 2 rings (SSSR count). The van der Waals surface area contributed by atoms with Crippen LogP contribution in [0.3, 0.4) is 0 Å². The zero-order valence-corrected chi connectivity index (χ0v) is 15.0. The lowest BCUT2D eigenvalue weighted by molar-refractivity contribution is 0.459. The summed E-state index contributed by atoms with van der Waals surface area (Å²) >= 11 is 6.86. The molecule has 0 heterocycles. The molecule has 0 saturated heterocycles. The van der Waals surface area contributed by atoms with Gasteiger partial charge in [0.15, 0.2) is 0 Å². The molecule has 0 spiro atoms. The maximum atomic E-state index is 6.86. The highest BCUT2D eigenvalue weighted by Crippen LogP contribution is 2.48. The normalized spacial score (nSPS) is 25.3. The average Bonchev–Trinajstić information content (AvgIpc) is 2.40. The smallest absolute Gasteiger partial charge is 0.147 e. The van der Waals surface area contributed by atoms with E-state index >= 15 is 0 Å². The molecule has 0 aromatic heterocycles. The van der Waals surface area contributed by atoms with E-state index in [9.17, 15) is 0 Å². The molecule has 3 heteroatoms. The van der Waals surface area contributed by atoms with Crippen molar-refractivity contribution in [2.24, 2.45) is 0 Å². The molecule has 1 atom stereocenters. The Morgan fingerprint density at radius 1 is 0.842 bits per heavy atom. The first-order valence-electron chi connectivity index (χ1n) is 8.69. The summed E-state index contributed by atoms with van der Waals surface area (Å²) in [5.41, 5.74) is 0.792. The standard InChI is InChI=1S/C16H32BClSi/c1-14(19(2,3)18)17(15-10-6-4-7-11-15)16-12-8-5-9-13-16/h14-16H,4-13H2,1-3H3. The molecular weight excluding hydrogens is 267 g/mol. The van der Waals surface area contributed by atoms with Gasteiger partial charge in [-0.2, -0.15) is 11.1 Å². The van der Waals surface area contributed by atoms with Gasteiger partial charge in [0.05, 0.1) is 0 Å². The highest BCUT2D eigenvalue weighted by atomic mass is 35.6. The zero-order chi connectivity index (χ0) is 13.9. The van der Waals surface area contributed by atoms with Gasteiger partial charge in [0.25, 0.3) is 0 Å². The van der Waals surface area contributed by atoms with Gasteiger partial charge in [-0.1, -0.05) is 101 Å². The summed E-state index contributed by atoms with van der Waals surface area (Å²) in [5.74, 6) is 2.00. The van der Waals surface area contributed by atoms with Crippen LogP contribution in [0.4, 0.5) is 0 Å². The molecule has 110 valence electrons.